The van der Waals surface area contributed by atoms with Crippen LogP contribution in [0.15, 0.2) is 5.16 Å². The van der Waals surface area contributed by atoms with Gasteiger partial charge in [-0.1, -0.05) is 11.8 Å². The number of nitrogens with zero attached hydrogens (tertiary/aromatic N) is 3. The Balaban J connectivity index is 2.64. The van der Waals surface area contributed by atoms with Gasteiger partial charge in [0.25, 0.3) is 0 Å². The van der Waals surface area contributed by atoms with E-state index >= 15 is 0 Å². The number of hydrogen-bond donors (Lipinski definition) is 1. The standard InChI is InChI=1S/C7H11N3O3S/c1-10-5(3-13-2)8-9-7(10)14-4-6(11)12/h3-4H2,1-2H3,(H,11,12). The molecule has 7 heteroatoms. The van der Waals surface area contributed by atoms with Crippen molar-refractivity contribution < 1.29 is 14.6 Å². The van der Waals surface area contributed by atoms with Gasteiger partial charge in [-0.25, -0.2) is 0 Å². The molecule has 14 heavy (non-hydrogen) atoms. The molecule has 0 saturated carbocycles. The third-order valence-corrected chi connectivity index (χ3v) is 2.53. The Morgan fingerprint density at radius 2 is 2.36 bits per heavy atom. The summed E-state index contributed by atoms with van der Waals surface area (Å²) in [5.74, 6) is -0.203. The van der Waals surface area contributed by atoms with Crippen LogP contribution in [0.1, 0.15) is 5.82 Å². The highest BCUT2D eigenvalue weighted by Gasteiger charge is 2.09. The number of hydrogen-bond acceptors (Lipinski definition) is 5. The number of aliphatic carboxylic acids is 1. The average Bonchev–Trinajstić information content (AvgIpc) is 2.46. The number of rotatable bonds is 5. The Kier molecular flexibility index (Phi) is 3.90. The van der Waals surface area contributed by atoms with Crippen molar-refractivity contribution in [3.8, 4) is 0 Å². The first-order chi connectivity index (χ1) is 6.65. The van der Waals surface area contributed by atoms with Gasteiger partial charge in [0.2, 0.25) is 0 Å². The molecule has 6 nitrogen and oxygen atoms in total. The van der Waals surface area contributed by atoms with Crippen LogP contribution in [0.3, 0.4) is 0 Å². The van der Waals surface area contributed by atoms with Crippen LogP contribution in [-0.2, 0) is 23.2 Å². The molecule has 0 aromatic carbocycles. The van der Waals surface area contributed by atoms with Gasteiger partial charge < -0.3 is 14.4 Å². The summed E-state index contributed by atoms with van der Waals surface area (Å²) < 4.78 is 6.62. The van der Waals surface area contributed by atoms with E-state index in [4.69, 9.17) is 9.84 Å². The van der Waals surface area contributed by atoms with Gasteiger partial charge in [0.05, 0.1) is 5.75 Å². The fraction of sp³-hybridized carbons (Fsp3) is 0.571. The summed E-state index contributed by atoms with van der Waals surface area (Å²) in [6.07, 6.45) is 0. The maximum Gasteiger partial charge on any atom is 0.313 e. The third-order valence-electron chi connectivity index (χ3n) is 1.52. The maximum atomic E-state index is 10.3. The number of carbonyl (C=O) groups is 1. The lowest BCUT2D eigenvalue weighted by atomic mass is 10.6. The Labute approximate surface area is 85.3 Å². The first-order valence-electron chi connectivity index (χ1n) is 3.87. The number of carboxylic acid groups (broad SMARTS) is 1. The second-order valence-corrected chi connectivity index (χ2v) is 3.52. The van der Waals surface area contributed by atoms with Crippen LogP contribution < -0.4 is 0 Å². The zero-order valence-electron chi connectivity index (χ0n) is 7.93. The highest BCUT2D eigenvalue weighted by Crippen LogP contribution is 2.15. The molecule has 0 bridgehead atoms. The van der Waals surface area contributed by atoms with E-state index in [1.54, 1.807) is 18.7 Å². The van der Waals surface area contributed by atoms with E-state index in [0.29, 0.717) is 17.6 Å². The Morgan fingerprint density at radius 3 is 2.93 bits per heavy atom. The average molecular weight is 217 g/mol. The zero-order chi connectivity index (χ0) is 10.6. The molecular weight excluding hydrogens is 206 g/mol. The SMILES string of the molecule is COCc1nnc(SCC(=O)O)n1C. The number of aromatic nitrogens is 3. The van der Waals surface area contributed by atoms with Gasteiger partial charge in [-0.15, -0.1) is 10.2 Å². The van der Waals surface area contributed by atoms with E-state index in [9.17, 15) is 4.79 Å². The molecule has 0 unspecified atom stereocenters. The summed E-state index contributed by atoms with van der Waals surface area (Å²) in [5.41, 5.74) is 0. The number of carboxylic acids is 1. The molecule has 0 atom stereocenters. The summed E-state index contributed by atoms with van der Waals surface area (Å²) in [5, 5.41) is 16.8. The molecular formula is C7H11N3O3S. The lowest BCUT2D eigenvalue weighted by Crippen LogP contribution is -2.03. The topological polar surface area (TPSA) is 77.2 Å². The van der Waals surface area contributed by atoms with Crippen LogP contribution >= 0.6 is 11.8 Å². The summed E-state index contributed by atoms with van der Waals surface area (Å²) in [7, 11) is 3.34. The molecule has 78 valence electrons. The van der Waals surface area contributed by atoms with E-state index in [0.717, 1.165) is 11.8 Å². The lowest BCUT2D eigenvalue weighted by Gasteiger charge is -2.00. The van der Waals surface area contributed by atoms with Gasteiger partial charge in [0, 0.05) is 14.2 Å². The largest absolute Gasteiger partial charge is 0.481 e. The molecule has 0 spiro atoms. The fourth-order valence-electron chi connectivity index (χ4n) is 0.852. The molecule has 0 radical (unpaired) electrons. The predicted molar refractivity (Wildman–Crippen MR) is 50.1 cm³/mol. The molecule has 0 aliphatic heterocycles. The van der Waals surface area contributed by atoms with Crippen LogP contribution in [0.2, 0.25) is 0 Å². The smallest absolute Gasteiger partial charge is 0.313 e. The molecule has 1 N–H and O–H groups in total. The summed E-state index contributed by atoms with van der Waals surface area (Å²) in [6.45, 7) is 0.372. The molecule has 1 aromatic heterocycles. The van der Waals surface area contributed by atoms with Crippen LogP contribution in [0.5, 0.6) is 0 Å². The van der Waals surface area contributed by atoms with Gasteiger partial charge in [-0.05, 0) is 0 Å². The summed E-state index contributed by atoms with van der Waals surface area (Å²) in [6, 6.07) is 0. The predicted octanol–water partition coefficient (Wildman–Crippen LogP) is 0.138. The van der Waals surface area contributed by atoms with Crippen molar-refractivity contribution in [2.45, 2.75) is 11.8 Å². The van der Waals surface area contributed by atoms with Crippen LogP contribution in [0, 0.1) is 0 Å². The van der Waals surface area contributed by atoms with Crippen LogP contribution in [-0.4, -0.2) is 38.7 Å². The zero-order valence-corrected chi connectivity index (χ0v) is 8.74. The highest BCUT2D eigenvalue weighted by molar-refractivity contribution is 7.99. The minimum Gasteiger partial charge on any atom is -0.481 e. The van der Waals surface area contributed by atoms with E-state index < -0.39 is 5.97 Å². The second-order valence-electron chi connectivity index (χ2n) is 2.57. The normalized spacial score (nSPS) is 10.4. The molecule has 1 aromatic rings. The molecule has 0 fully saturated rings. The van der Waals surface area contributed by atoms with Crippen molar-refractivity contribution in [2.75, 3.05) is 12.9 Å². The minimum absolute atomic E-state index is 0.0149. The monoisotopic (exact) mass is 217 g/mol. The quantitative estimate of drug-likeness (QED) is 0.707. The molecule has 0 aliphatic carbocycles. The first kappa shape index (κ1) is 11.0. The van der Waals surface area contributed by atoms with Gasteiger partial charge >= 0.3 is 5.97 Å². The lowest BCUT2D eigenvalue weighted by molar-refractivity contribution is -0.133. The first-order valence-corrected chi connectivity index (χ1v) is 4.85. The van der Waals surface area contributed by atoms with Crippen LogP contribution in [0.25, 0.3) is 0 Å². The van der Waals surface area contributed by atoms with E-state index in [1.807, 2.05) is 0 Å². The number of methoxy groups -OCH3 is 1. The van der Waals surface area contributed by atoms with E-state index in [-0.39, 0.29) is 5.75 Å². The molecule has 1 rings (SSSR count). The minimum atomic E-state index is -0.869. The molecule has 0 aliphatic rings. The Morgan fingerprint density at radius 1 is 1.64 bits per heavy atom. The van der Waals surface area contributed by atoms with Gasteiger partial charge in [0.1, 0.15) is 6.61 Å². The molecule has 1 heterocycles. The van der Waals surface area contributed by atoms with Crippen LogP contribution in [0.4, 0.5) is 0 Å². The summed E-state index contributed by atoms with van der Waals surface area (Å²) >= 11 is 1.14. The van der Waals surface area contributed by atoms with Crippen molar-refractivity contribution >= 4 is 17.7 Å². The molecule has 0 saturated heterocycles. The number of thioether (sulfide) groups is 1. The van der Waals surface area contributed by atoms with Gasteiger partial charge in [0.15, 0.2) is 11.0 Å². The maximum absolute atomic E-state index is 10.3. The Hall–Kier alpha value is -1.08. The van der Waals surface area contributed by atoms with E-state index in [1.165, 1.54) is 0 Å². The van der Waals surface area contributed by atoms with Gasteiger partial charge in [-0.3, -0.25) is 4.79 Å². The van der Waals surface area contributed by atoms with Crippen molar-refractivity contribution in [1.29, 1.82) is 0 Å². The highest BCUT2D eigenvalue weighted by atomic mass is 32.2. The van der Waals surface area contributed by atoms with Crippen molar-refractivity contribution in [2.24, 2.45) is 7.05 Å². The van der Waals surface area contributed by atoms with Crippen molar-refractivity contribution in [1.82, 2.24) is 14.8 Å². The third kappa shape index (κ3) is 2.71. The Bertz CT molecular complexity index is 326. The van der Waals surface area contributed by atoms with E-state index in [2.05, 4.69) is 10.2 Å². The summed E-state index contributed by atoms with van der Waals surface area (Å²) in [4.78, 5) is 10.3. The van der Waals surface area contributed by atoms with Crippen molar-refractivity contribution in [3.63, 3.8) is 0 Å². The number of ether oxygens (including phenoxy) is 1. The fourth-order valence-corrected chi connectivity index (χ4v) is 1.50. The second kappa shape index (κ2) is 4.97. The van der Waals surface area contributed by atoms with Gasteiger partial charge in [-0.2, -0.15) is 0 Å². The molecule has 0 amide bonds. The van der Waals surface area contributed by atoms with Crippen molar-refractivity contribution in [3.05, 3.63) is 5.82 Å².